The number of aromatic nitrogens is 2. The van der Waals surface area contributed by atoms with Crippen LogP contribution in [0.5, 0.6) is 5.75 Å². The molecule has 0 spiro atoms. The minimum absolute atomic E-state index is 0.0136. The largest absolute Gasteiger partial charge is 0.497 e. The summed E-state index contributed by atoms with van der Waals surface area (Å²) in [6.45, 7) is 6.66. The highest BCUT2D eigenvalue weighted by molar-refractivity contribution is 5.94. The zero-order valence-electron chi connectivity index (χ0n) is 17.4. The third kappa shape index (κ3) is 5.02. The Morgan fingerprint density at radius 1 is 1.14 bits per heavy atom. The van der Waals surface area contributed by atoms with E-state index in [0.29, 0.717) is 30.2 Å². The fourth-order valence-corrected chi connectivity index (χ4v) is 3.03. The van der Waals surface area contributed by atoms with Crippen molar-refractivity contribution in [3.05, 3.63) is 65.5 Å². The molecule has 0 fully saturated rings. The molecule has 0 bridgehead atoms. The van der Waals surface area contributed by atoms with Gasteiger partial charge in [-0.15, -0.1) is 0 Å². The second-order valence-corrected chi connectivity index (χ2v) is 7.11. The molecule has 152 valence electrons. The number of methoxy groups -OCH3 is 1. The van der Waals surface area contributed by atoms with E-state index in [9.17, 15) is 4.79 Å². The van der Waals surface area contributed by atoms with Crippen LogP contribution >= 0.6 is 0 Å². The van der Waals surface area contributed by atoms with Crippen molar-refractivity contribution in [1.29, 1.82) is 0 Å². The molecule has 0 aliphatic rings. The number of rotatable bonds is 8. The van der Waals surface area contributed by atoms with Crippen molar-refractivity contribution >= 4 is 5.91 Å². The van der Waals surface area contributed by atoms with Gasteiger partial charge in [-0.05, 0) is 44.5 Å². The molecule has 0 saturated carbocycles. The molecule has 0 radical (unpaired) electrons. The Labute approximate surface area is 171 Å². The van der Waals surface area contributed by atoms with E-state index in [0.717, 1.165) is 17.7 Å². The highest BCUT2D eigenvalue weighted by Gasteiger charge is 2.21. The Bertz CT molecular complexity index is 933. The van der Waals surface area contributed by atoms with Crippen molar-refractivity contribution in [1.82, 2.24) is 15.0 Å². The van der Waals surface area contributed by atoms with Gasteiger partial charge in [0.2, 0.25) is 11.7 Å². The quantitative estimate of drug-likeness (QED) is 0.562. The third-order valence-electron chi connectivity index (χ3n) is 5.07. The van der Waals surface area contributed by atoms with E-state index in [1.807, 2.05) is 43.0 Å². The van der Waals surface area contributed by atoms with Gasteiger partial charge < -0.3 is 14.2 Å². The fraction of sp³-hybridized carbons (Fsp3) is 0.348. The minimum atomic E-state index is -0.0136. The van der Waals surface area contributed by atoms with Crippen LogP contribution < -0.4 is 4.74 Å². The highest BCUT2D eigenvalue weighted by Crippen LogP contribution is 2.18. The van der Waals surface area contributed by atoms with E-state index >= 15 is 0 Å². The number of hydrogen-bond donors (Lipinski definition) is 0. The first-order chi connectivity index (χ1) is 14.0. The smallest absolute Gasteiger partial charge is 0.254 e. The summed E-state index contributed by atoms with van der Waals surface area (Å²) >= 11 is 0. The van der Waals surface area contributed by atoms with Gasteiger partial charge in [-0.2, -0.15) is 4.98 Å². The summed E-state index contributed by atoms with van der Waals surface area (Å²) in [5, 5.41) is 4.08. The lowest BCUT2D eigenvalue weighted by atomic mass is 10.1. The van der Waals surface area contributed by atoms with Gasteiger partial charge >= 0.3 is 0 Å². The molecule has 1 aromatic heterocycles. The molecule has 1 amide bonds. The number of nitrogens with zero attached hydrogens (tertiary/aromatic N) is 3. The first-order valence-electron chi connectivity index (χ1n) is 9.86. The van der Waals surface area contributed by atoms with Crippen LogP contribution in [-0.2, 0) is 6.42 Å². The van der Waals surface area contributed by atoms with Gasteiger partial charge in [0.1, 0.15) is 5.75 Å². The third-order valence-corrected chi connectivity index (χ3v) is 5.07. The molecule has 1 unspecified atom stereocenters. The van der Waals surface area contributed by atoms with Crippen molar-refractivity contribution in [3.63, 3.8) is 0 Å². The average Bonchev–Trinajstić information content (AvgIpc) is 3.23. The van der Waals surface area contributed by atoms with Crippen LogP contribution in [0, 0.1) is 6.92 Å². The van der Waals surface area contributed by atoms with Crippen LogP contribution in [-0.4, -0.2) is 40.6 Å². The Kier molecular flexibility index (Phi) is 6.65. The monoisotopic (exact) mass is 393 g/mol. The normalized spacial score (nSPS) is 11.9. The molecule has 1 heterocycles. The molecule has 0 saturated heterocycles. The molecular formula is C23H27N3O3. The van der Waals surface area contributed by atoms with Crippen LogP contribution in [0.3, 0.4) is 0 Å². The predicted octanol–water partition coefficient (Wildman–Crippen LogP) is 4.54. The molecule has 6 heteroatoms. The highest BCUT2D eigenvalue weighted by atomic mass is 16.5. The minimum Gasteiger partial charge on any atom is -0.497 e. The zero-order valence-corrected chi connectivity index (χ0v) is 17.4. The topological polar surface area (TPSA) is 68.5 Å². The molecule has 3 aromatic rings. The molecule has 0 aliphatic carbocycles. The lowest BCUT2D eigenvalue weighted by molar-refractivity contribution is 0.0686. The van der Waals surface area contributed by atoms with E-state index in [1.54, 1.807) is 31.4 Å². The molecule has 1 atom stereocenters. The summed E-state index contributed by atoms with van der Waals surface area (Å²) in [4.78, 5) is 19.4. The van der Waals surface area contributed by atoms with E-state index in [4.69, 9.17) is 9.26 Å². The van der Waals surface area contributed by atoms with E-state index in [1.165, 1.54) is 5.56 Å². The number of amides is 1. The maximum atomic E-state index is 13.0. The lowest BCUT2D eigenvalue weighted by Crippen LogP contribution is -2.39. The van der Waals surface area contributed by atoms with Gasteiger partial charge in [-0.3, -0.25) is 4.79 Å². The van der Waals surface area contributed by atoms with Gasteiger partial charge in [0.15, 0.2) is 0 Å². The first kappa shape index (κ1) is 20.6. The molecule has 2 aromatic carbocycles. The molecule has 6 nitrogen and oxygen atoms in total. The summed E-state index contributed by atoms with van der Waals surface area (Å²) in [6, 6.07) is 15.3. The van der Waals surface area contributed by atoms with E-state index < -0.39 is 0 Å². The summed E-state index contributed by atoms with van der Waals surface area (Å²) in [5.74, 6) is 1.80. The van der Waals surface area contributed by atoms with Crippen LogP contribution in [0.1, 0.15) is 42.1 Å². The summed E-state index contributed by atoms with van der Waals surface area (Å²) < 4.78 is 10.6. The predicted molar refractivity (Wildman–Crippen MR) is 112 cm³/mol. The lowest BCUT2D eigenvalue weighted by Gasteiger charge is -2.28. The van der Waals surface area contributed by atoms with Crippen molar-refractivity contribution in [3.8, 4) is 17.1 Å². The Hall–Kier alpha value is -3.15. The van der Waals surface area contributed by atoms with Crippen molar-refractivity contribution < 1.29 is 14.1 Å². The summed E-state index contributed by atoms with van der Waals surface area (Å²) in [5.41, 5.74) is 2.73. The number of carbonyl (C=O) groups is 1. The number of ether oxygens (including phenoxy) is 1. The maximum Gasteiger partial charge on any atom is 0.254 e. The first-order valence-corrected chi connectivity index (χ1v) is 9.86. The molecular weight excluding hydrogens is 366 g/mol. The van der Waals surface area contributed by atoms with Gasteiger partial charge in [0.25, 0.3) is 5.91 Å². The Balaban J connectivity index is 1.70. The summed E-state index contributed by atoms with van der Waals surface area (Å²) in [6.07, 6.45) is 1.37. The number of hydrogen-bond acceptors (Lipinski definition) is 5. The number of carbonyl (C=O) groups excluding carboxylic acids is 1. The second-order valence-electron chi connectivity index (χ2n) is 7.11. The van der Waals surface area contributed by atoms with Gasteiger partial charge in [-0.25, -0.2) is 0 Å². The van der Waals surface area contributed by atoms with Crippen LogP contribution in [0.25, 0.3) is 11.4 Å². The van der Waals surface area contributed by atoms with Gasteiger partial charge in [0, 0.05) is 30.1 Å². The maximum absolute atomic E-state index is 13.0. The van der Waals surface area contributed by atoms with Crippen LogP contribution in [0.15, 0.2) is 53.1 Å². The van der Waals surface area contributed by atoms with Crippen LogP contribution in [0.4, 0.5) is 0 Å². The molecule has 29 heavy (non-hydrogen) atoms. The van der Waals surface area contributed by atoms with Crippen molar-refractivity contribution in [2.45, 2.75) is 39.7 Å². The second kappa shape index (κ2) is 9.37. The average molecular weight is 393 g/mol. The fourth-order valence-electron chi connectivity index (χ4n) is 3.03. The Morgan fingerprint density at radius 2 is 1.83 bits per heavy atom. The van der Waals surface area contributed by atoms with Gasteiger partial charge in [0.05, 0.1) is 7.11 Å². The molecule has 0 aliphatic heterocycles. The zero-order chi connectivity index (χ0) is 20.8. The summed E-state index contributed by atoms with van der Waals surface area (Å²) in [7, 11) is 1.61. The Morgan fingerprint density at radius 3 is 2.45 bits per heavy atom. The SMILES string of the molecule is CCC(C)N(CCc1nc(-c2ccc(C)cc2)no1)C(=O)c1ccc(OC)cc1. The van der Waals surface area contributed by atoms with E-state index in [2.05, 4.69) is 17.1 Å². The van der Waals surface area contributed by atoms with Gasteiger partial charge in [-0.1, -0.05) is 41.9 Å². The molecule has 0 N–H and O–H groups in total. The standard InChI is InChI=1S/C23H27N3O3/c1-5-17(3)26(23(27)19-10-12-20(28-4)13-11-19)15-14-21-24-22(25-29-21)18-8-6-16(2)7-9-18/h6-13,17H,5,14-15H2,1-4H3. The van der Waals surface area contributed by atoms with Crippen molar-refractivity contribution in [2.75, 3.05) is 13.7 Å². The van der Waals surface area contributed by atoms with E-state index in [-0.39, 0.29) is 11.9 Å². The number of benzene rings is 2. The molecule has 3 rings (SSSR count). The van der Waals surface area contributed by atoms with Crippen molar-refractivity contribution in [2.24, 2.45) is 0 Å². The number of aryl methyl sites for hydroxylation is 1. The van der Waals surface area contributed by atoms with Crippen LogP contribution in [0.2, 0.25) is 0 Å².